The van der Waals surface area contributed by atoms with Crippen LogP contribution in [0, 0.1) is 13.8 Å². The van der Waals surface area contributed by atoms with E-state index < -0.39 is 0 Å². The summed E-state index contributed by atoms with van der Waals surface area (Å²) < 4.78 is 0. The van der Waals surface area contributed by atoms with E-state index >= 15 is 0 Å². The molecule has 0 N–H and O–H groups in total. The highest BCUT2D eigenvalue weighted by molar-refractivity contribution is 7.14. The van der Waals surface area contributed by atoms with Crippen molar-refractivity contribution < 1.29 is 0 Å². The van der Waals surface area contributed by atoms with Crippen LogP contribution in [0.1, 0.15) is 18.0 Å². The Morgan fingerprint density at radius 3 is 2.50 bits per heavy atom. The van der Waals surface area contributed by atoms with Crippen molar-refractivity contribution >= 4 is 11.3 Å². The minimum atomic E-state index is 0. The number of hydrogen-bond acceptors (Lipinski definition) is 3. The van der Waals surface area contributed by atoms with Gasteiger partial charge in [0.05, 0.1) is 0 Å². The third kappa shape index (κ3) is 2.17. The second-order valence-corrected chi connectivity index (χ2v) is 4.18. The minimum Gasteiger partial charge on any atom is -0.143 e. The van der Waals surface area contributed by atoms with Crippen molar-refractivity contribution in [3.63, 3.8) is 0 Å². The average Bonchev–Trinajstić information content (AvgIpc) is 2.52. The van der Waals surface area contributed by atoms with E-state index in [9.17, 15) is 0 Å². The number of aryl methyl sites for hydroxylation is 2. The first kappa shape index (κ1) is 10.9. The quantitative estimate of drug-likeness (QED) is 0.714. The first-order valence-corrected chi connectivity index (χ1v) is 4.94. The van der Waals surface area contributed by atoms with Gasteiger partial charge in [-0.1, -0.05) is 42.5 Å². The lowest BCUT2D eigenvalue weighted by molar-refractivity contribution is 1.05. The van der Waals surface area contributed by atoms with Crippen molar-refractivity contribution in [1.29, 1.82) is 0 Å². The lowest BCUT2D eigenvalue weighted by Gasteiger charge is -1.95. The van der Waals surface area contributed by atoms with E-state index in [4.69, 9.17) is 0 Å². The van der Waals surface area contributed by atoms with Crippen LogP contribution in [0.5, 0.6) is 0 Å². The Kier molecular flexibility index (Phi) is 3.36. The van der Waals surface area contributed by atoms with Crippen LogP contribution >= 0.6 is 11.3 Å². The molecule has 0 atom stereocenters. The largest absolute Gasteiger partial charge is 0.147 e. The van der Waals surface area contributed by atoms with Crippen molar-refractivity contribution in [2.24, 2.45) is 0 Å². The summed E-state index contributed by atoms with van der Waals surface area (Å²) in [5.74, 6) is 0. The van der Waals surface area contributed by atoms with Crippen LogP contribution in [0.3, 0.4) is 0 Å². The number of benzene rings is 1. The molecule has 0 unspecified atom stereocenters. The summed E-state index contributed by atoms with van der Waals surface area (Å²) in [6.45, 7) is 4.05. The molecule has 2 nitrogen and oxygen atoms in total. The van der Waals surface area contributed by atoms with Gasteiger partial charge in [0.1, 0.15) is 10.0 Å². The molecular weight excluding hydrogens is 192 g/mol. The maximum atomic E-state index is 4.10. The normalized spacial score (nSPS) is 9.57. The Hall–Kier alpha value is -1.22. The van der Waals surface area contributed by atoms with Crippen LogP contribution < -0.4 is 0 Å². The standard InChI is InChI=1S/C10H10N2S.CH4/c1-7-4-3-5-9(6-7)10-12-11-8(2)13-10;/h3-6H,1-2H3;1H4. The van der Waals surface area contributed by atoms with Crippen LogP contribution in [-0.2, 0) is 0 Å². The summed E-state index contributed by atoms with van der Waals surface area (Å²) in [5.41, 5.74) is 2.41. The Bertz CT molecular complexity index is 421. The van der Waals surface area contributed by atoms with E-state index in [-0.39, 0.29) is 7.43 Å². The van der Waals surface area contributed by atoms with Gasteiger partial charge in [0.15, 0.2) is 0 Å². The van der Waals surface area contributed by atoms with Gasteiger partial charge in [-0.3, -0.25) is 0 Å². The zero-order chi connectivity index (χ0) is 9.26. The first-order valence-electron chi connectivity index (χ1n) is 4.13. The molecule has 74 valence electrons. The Balaban J connectivity index is 0.000000980. The smallest absolute Gasteiger partial charge is 0.143 e. The monoisotopic (exact) mass is 206 g/mol. The van der Waals surface area contributed by atoms with Gasteiger partial charge in [-0.25, -0.2) is 0 Å². The molecule has 0 fully saturated rings. The lowest BCUT2D eigenvalue weighted by atomic mass is 10.1. The molecule has 0 bridgehead atoms. The van der Waals surface area contributed by atoms with E-state index in [1.807, 2.05) is 13.0 Å². The summed E-state index contributed by atoms with van der Waals surface area (Å²) >= 11 is 1.63. The highest BCUT2D eigenvalue weighted by Gasteiger charge is 2.02. The number of rotatable bonds is 1. The molecule has 0 spiro atoms. The molecule has 2 rings (SSSR count). The van der Waals surface area contributed by atoms with Gasteiger partial charge >= 0.3 is 0 Å². The third-order valence-electron chi connectivity index (χ3n) is 1.79. The molecule has 0 radical (unpaired) electrons. The second kappa shape index (κ2) is 4.33. The molecule has 1 aromatic heterocycles. The van der Waals surface area contributed by atoms with Gasteiger partial charge in [-0.2, -0.15) is 0 Å². The first-order chi connectivity index (χ1) is 6.25. The van der Waals surface area contributed by atoms with Gasteiger partial charge in [0.2, 0.25) is 0 Å². The second-order valence-electron chi connectivity index (χ2n) is 3.00. The highest BCUT2D eigenvalue weighted by Crippen LogP contribution is 2.23. The predicted octanol–water partition coefficient (Wildman–Crippen LogP) is 3.46. The molecule has 0 aliphatic rings. The van der Waals surface area contributed by atoms with Crippen molar-refractivity contribution in [2.75, 3.05) is 0 Å². The molecule has 0 aliphatic heterocycles. The number of aromatic nitrogens is 2. The van der Waals surface area contributed by atoms with Crippen molar-refractivity contribution in [3.8, 4) is 10.6 Å². The SMILES string of the molecule is C.Cc1cccc(-c2nnc(C)s2)c1. The molecule has 1 heterocycles. The molecule has 0 amide bonds. The summed E-state index contributed by atoms with van der Waals surface area (Å²) in [6.07, 6.45) is 0. The maximum absolute atomic E-state index is 4.10. The molecule has 3 heteroatoms. The zero-order valence-corrected chi connectivity index (χ0v) is 8.43. The molecule has 0 aliphatic carbocycles. The van der Waals surface area contributed by atoms with Crippen LogP contribution in [0.15, 0.2) is 24.3 Å². The number of hydrogen-bond donors (Lipinski definition) is 0. The summed E-state index contributed by atoms with van der Waals surface area (Å²) in [7, 11) is 0. The molecule has 0 saturated carbocycles. The maximum Gasteiger partial charge on any atom is 0.147 e. The minimum absolute atomic E-state index is 0. The summed E-state index contributed by atoms with van der Waals surface area (Å²) in [5, 5.41) is 10.1. The van der Waals surface area contributed by atoms with Crippen LogP contribution in [-0.4, -0.2) is 10.2 Å². The van der Waals surface area contributed by atoms with E-state index in [0.717, 1.165) is 15.6 Å². The molecule has 1 aromatic carbocycles. The van der Waals surface area contributed by atoms with Crippen molar-refractivity contribution in [3.05, 3.63) is 34.8 Å². The van der Waals surface area contributed by atoms with Gasteiger partial charge < -0.3 is 0 Å². The summed E-state index contributed by atoms with van der Waals surface area (Å²) in [4.78, 5) is 0. The molecule has 0 saturated heterocycles. The van der Waals surface area contributed by atoms with Gasteiger partial charge in [0.25, 0.3) is 0 Å². The Labute approximate surface area is 88.6 Å². The van der Waals surface area contributed by atoms with Crippen LogP contribution in [0.2, 0.25) is 0 Å². The van der Waals surface area contributed by atoms with Crippen LogP contribution in [0.25, 0.3) is 10.6 Å². The molecular formula is C11H14N2S. The van der Waals surface area contributed by atoms with Crippen molar-refractivity contribution in [1.82, 2.24) is 10.2 Å². The van der Waals surface area contributed by atoms with Gasteiger partial charge in [0, 0.05) is 5.56 Å². The molecule has 2 aromatic rings. The topological polar surface area (TPSA) is 25.8 Å². The highest BCUT2D eigenvalue weighted by atomic mass is 32.1. The van der Waals surface area contributed by atoms with E-state index in [1.54, 1.807) is 11.3 Å². The van der Waals surface area contributed by atoms with Crippen LogP contribution in [0.4, 0.5) is 0 Å². The fraction of sp³-hybridized carbons (Fsp3) is 0.273. The van der Waals surface area contributed by atoms with E-state index in [2.05, 4.69) is 35.3 Å². The summed E-state index contributed by atoms with van der Waals surface area (Å²) in [6, 6.07) is 8.31. The lowest BCUT2D eigenvalue weighted by Crippen LogP contribution is -1.77. The zero-order valence-electron chi connectivity index (χ0n) is 7.61. The fourth-order valence-electron chi connectivity index (χ4n) is 1.19. The third-order valence-corrected chi connectivity index (χ3v) is 2.68. The van der Waals surface area contributed by atoms with Gasteiger partial charge in [-0.15, -0.1) is 10.2 Å². The van der Waals surface area contributed by atoms with Crippen molar-refractivity contribution in [2.45, 2.75) is 21.3 Å². The molecule has 14 heavy (non-hydrogen) atoms. The fourth-order valence-corrected chi connectivity index (χ4v) is 1.88. The van der Waals surface area contributed by atoms with E-state index in [1.165, 1.54) is 5.56 Å². The van der Waals surface area contributed by atoms with E-state index in [0.29, 0.717) is 0 Å². The van der Waals surface area contributed by atoms with Gasteiger partial charge in [-0.05, 0) is 19.9 Å². The number of nitrogens with zero attached hydrogens (tertiary/aromatic N) is 2. The average molecular weight is 206 g/mol. The Morgan fingerprint density at radius 1 is 1.14 bits per heavy atom. The Morgan fingerprint density at radius 2 is 1.93 bits per heavy atom. The predicted molar refractivity (Wildman–Crippen MR) is 61.6 cm³/mol.